The van der Waals surface area contributed by atoms with Gasteiger partial charge in [0.25, 0.3) is 0 Å². The van der Waals surface area contributed by atoms with Crippen molar-refractivity contribution in [1.82, 2.24) is 0 Å². The highest BCUT2D eigenvalue weighted by molar-refractivity contribution is 5.28. The van der Waals surface area contributed by atoms with Gasteiger partial charge in [-0.3, -0.25) is 0 Å². The van der Waals surface area contributed by atoms with Crippen molar-refractivity contribution in [2.45, 2.75) is 44.8 Å². The molecule has 0 aromatic carbocycles. The largest absolute Gasteiger partial charge is 0.392 e. The predicted octanol–water partition coefficient (Wildman–Crippen LogP) is 0.557. The van der Waals surface area contributed by atoms with Gasteiger partial charge < -0.3 is 15.9 Å². The fraction of sp³-hybridized carbons (Fsp3) is 0.800. The van der Waals surface area contributed by atoms with E-state index in [0.29, 0.717) is 6.42 Å². The van der Waals surface area contributed by atoms with E-state index in [1.807, 2.05) is 6.92 Å². The molecule has 4 N–H and O–H groups in total. The SMILES string of the molecule is CC/C(CO)=C1/CCC(C)(O)[C@H]1N. The molecule has 13 heavy (non-hydrogen) atoms. The lowest BCUT2D eigenvalue weighted by Crippen LogP contribution is -2.41. The van der Waals surface area contributed by atoms with E-state index in [4.69, 9.17) is 10.8 Å². The van der Waals surface area contributed by atoms with Crippen LogP contribution in [0.2, 0.25) is 0 Å². The maximum atomic E-state index is 9.83. The van der Waals surface area contributed by atoms with Crippen LogP contribution in [0.3, 0.4) is 0 Å². The van der Waals surface area contributed by atoms with Gasteiger partial charge in [-0.2, -0.15) is 0 Å². The van der Waals surface area contributed by atoms with Gasteiger partial charge in [-0.15, -0.1) is 0 Å². The van der Waals surface area contributed by atoms with Crippen molar-refractivity contribution in [3.8, 4) is 0 Å². The van der Waals surface area contributed by atoms with Crippen LogP contribution in [0.1, 0.15) is 33.1 Å². The molecule has 0 radical (unpaired) electrons. The van der Waals surface area contributed by atoms with Crippen LogP contribution in [0.4, 0.5) is 0 Å². The van der Waals surface area contributed by atoms with Crippen molar-refractivity contribution in [1.29, 1.82) is 0 Å². The van der Waals surface area contributed by atoms with Gasteiger partial charge in [-0.25, -0.2) is 0 Å². The third-order valence-corrected chi connectivity index (χ3v) is 3.02. The summed E-state index contributed by atoms with van der Waals surface area (Å²) in [5.74, 6) is 0. The van der Waals surface area contributed by atoms with Crippen LogP contribution in [0.15, 0.2) is 11.1 Å². The average molecular weight is 185 g/mol. The molecule has 0 aromatic heterocycles. The van der Waals surface area contributed by atoms with Crippen molar-refractivity contribution in [2.75, 3.05) is 6.61 Å². The van der Waals surface area contributed by atoms with E-state index in [9.17, 15) is 5.11 Å². The maximum absolute atomic E-state index is 9.83. The molecule has 1 rings (SSSR count). The van der Waals surface area contributed by atoms with Gasteiger partial charge in [0, 0.05) is 0 Å². The molecule has 1 aliphatic rings. The number of aliphatic hydroxyl groups is 2. The highest BCUT2D eigenvalue weighted by Crippen LogP contribution is 2.35. The highest BCUT2D eigenvalue weighted by Gasteiger charge is 2.38. The number of hydrogen-bond donors (Lipinski definition) is 3. The van der Waals surface area contributed by atoms with E-state index in [-0.39, 0.29) is 12.6 Å². The molecule has 0 bridgehead atoms. The van der Waals surface area contributed by atoms with Crippen molar-refractivity contribution in [2.24, 2.45) is 5.73 Å². The van der Waals surface area contributed by atoms with Crippen molar-refractivity contribution in [3.63, 3.8) is 0 Å². The van der Waals surface area contributed by atoms with Gasteiger partial charge in [-0.05, 0) is 37.3 Å². The normalized spacial score (nSPS) is 38.1. The zero-order valence-electron chi connectivity index (χ0n) is 8.38. The average Bonchev–Trinajstić information content (AvgIpc) is 2.34. The zero-order valence-corrected chi connectivity index (χ0v) is 8.38. The summed E-state index contributed by atoms with van der Waals surface area (Å²) in [6, 6.07) is -0.297. The first kappa shape index (κ1) is 10.7. The molecular weight excluding hydrogens is 166 g/mol. The first-order valence-electron chi connectivity index (χ1n) is 4.82. The Hall–Kier alpha value is -0.380. The molecule has 2 atom stereocenters. The smallest absolute Gasteiger partial charge is 0.0811 e. The van der Waals surface area contributed by atoms with E-state index in [2.05, 4.69) is 0 Å². The van der Waals surface area contributed by atoms with Gasteiger partial charge in [-0.1, -0.05) is 6.92 Å². The second-order valence-electron chi connectivity index (χ2n) is 3.98. The van der Waals surface area contributed by atoms with E-state index in [1.165, 1.54) is 0 Å². The Kier molecular flexibility index (Phi) is 3.11. The Morgan fingerprint density at radius 2 is 2.31 bits per heavy atom. The van der Waals surface area contributed by atoms with Crippen molar-refractivity contribution >= 4 is 0 Å². The Bertz CT molecular complexity index is 215. The van der Waals surface area contributed by atoms with Gasteiger partial charge in [0.1, 0.15) is 0 Å². The molecule has 0 amide bonds. The summed E-state index contributed by atoms with van der Waals surface area (Å²) in [6.45, 7) is 3.82. The first-order chi connectivity index (χ1) is 6.03. The molecule has 1 unspecified atom stereocenters. The minimum Gasteiger partial charge on any atom is -0.392 e. The van der Waals surface area contributed by atoms with Gasteiger partial charge in [0.15, 0.2) is 0 Å². The summed E-state index contributed by atoms with van der Waals surface area (Å²) in [5.41, 5.74) is 7.14. The van der Waals surface area contributed by atoms with Crippen LogP contribution in [0.5, 0.6) is 0 Å². The van der Waals surface area contributed by atoms with Crippen LogP contribution in [-0.2, 0) is 0 Å². The van der Waals surface area contributed by atoms with Crippen molar-refractivity contribution < 1.29 is 10.2 Å². The third-order valence-electron chi connectivity index (χ3n) is 3.02. The van der Waals surface area contributed by atoms with E-state index in [1.54, 1.807) is 6.92 Å². The fourth-order valence-electron chi connectivity index (χ4n) is 1.91. The van der Waals surface area contributed by atoms with Crippen LogP contribution in [0, 0.1) is 0 Å². The fourth-order valence-corrected chi connectivity index (χ4v) is 1.91. The summed E-state index contributed by atoms with van der Waals surface area (Å²) in [6.07, 6.45) is 2.33. The summed E-state index contributed by atoms with van der Waals surface area (Å²) in [5, 5.41) is 18.9. The van der Waals surface area contributed by atoms with E-state index in [0.717, 1.165) is 24.0 Å². The molecule has 0 saturated heterocycles. The Morgan fingerprint density at radius 1 is 1.69 bits per heavy atom. The zero-order chi connectivity index (χ0) is 10.1. The Morgan fingerprint density at radius 3 is 2.62 bits per heavy atom. The van der Waals surface area contributed by atoms with E-state index < -0.39 is 5.60 Å². The van der Waals surface area contributed by atoms with E-state index >= 15 is 0 Å². The molecule has 3 heteroatoms. The highest BCUT2D eigenvalue weighted by atomic mass is 16.3. The molecule has 76 valence electrons. The third kappa shape index (κ3) is 1.93. The molecule has 1 saturated carbocycles. The van der Waals surface area contributed by atoms with Crippen LogP contribution < -0.4 is 5.73 Å². The topological polar surface area (TPSA) is 66.5 Å². The molecule has 1 aliphatic carbocycles. The summed E-state index contributed by atoms with van der Waals surface area (Å²) >= 11 is 0. The molecule has 0 aliphatic heterocycles. The number of aliphatic hydroxyl groups excluding tert-OH is 1. The van der Waals surface area contributed by atoms with Crippen molar-refractivity contribution in [3.05, 3.63) is 11.1 Å². The van der Waals surface area contributed by atoms with Gasteiger partial charge in [0.2, 0.25) is 0 Å². The minimum atomic E-state index is -0.787. The van der Waals surface area contributed by atoms with Crippen LogP contribution >= 0.6 is 0 Å². The number of hydrogen-bond acceptors (Lipinski definition) is 3. The summed E-state index contributed by atoms with van der Waals surface area (Å²) in [7, 11) is 0. The molecular formula is C10H19NO2. The number of nitrogens with two attached hydrogens (primary N) is 1. The number of rotatable bonds is 2. The second-order valence-corrected chi connectivity index (χ2v) is 3.98. The van der Waals surface area contributed by atoms with Crippen LogP contribution in [0.25, 0.3) is 0 Å². The predicted molar refractivity (Wildman–Crippen MR) is 52.2 cm³/mol. The Labute approximate surface area is 79.3 Å². The molecule has 3 nitrogen and oxygen atoms in total. The molecule has 0 heterocycles. The lowest BCUT2D eigenvalue weighted by molar-refractivity contribution is 0.0560. The first-order valence-corrected chi connectivity index (χ1v) is 4.82. The lowest BCUT2D eigenvalue weighted by atomic mass is 9.96. The lowest BCUT2D eigenvalue weighted by Gasteiger charge is -2.23. The maximum Gasteiger partial charge on any atom is 0.0811 e. The Balaban J connectivity index is 2.90. The van der Waals surface area contributed by atoms with Gasteiger partial charge >= 0.3 is 0 Å². The van der Waals surface area contributed by atoms with Gasteiger partial charge in [0.05, 0.1) is 18.2 Å². The quantitative estimate of drug-likeness (QED) is 0.551. The standard InChI is InChI=1S/C10H19NO2/c1-3-7(6-12)8-4-5-10(2,13)9(8)11/h9,12-13H,3-6,11H2,1-2H3/b8-7+/t9-,10?/m0/s1. The molecule has 0 spiro atoms. The molecule has 1 fully saturated rings. The monoisotopic (exact) mass is 185 g/mol. The summed E-state index contributed by atoms with van der Waals surface area (Å²) < 4.78 is 0. The second kappa shape index (κ2) is 3.78. The minimum absolute atomic E-state index is 0.0651. The van der Waals surface area contributed by atoms with Crippen LogP contribution in [-0.4, -0.2) is 28.5 Å². The molecule has 0 aromatic rings. The summed E-state index contributed by atoms with van der Waals surface area (Å²) in [4.78, 5) is 0.